The average Bonchev–Trinajstić information content (AvgIpc) is 2.80. The lowest BCUT2D eigenvalue weighted by Crippen LogP contribution is -2.55. The van der Waals surface area contributed by atoms with Gasteiger partial charge < -0.3 is 25.7 Å². The molecule has 0 aliphatic heterocycles. The molecule has 0 bridgehead atoms. The van der Waals surface area contributed by atoms with Gasteiger partial charge in [0.15, 0.2) is 5.78 Å². The number of aliphatic hydroxyl groups excluding tert-OH is 4. The highest BCUT2D eigenvalue weighted by Gasteiger charge is 2.35. The number of hydrogen-bond donors (Lipinski definition) is 5. The van der Waals surface area contributed by atoms with Crippen molar-refractivity contribution in [3.63, 3.8) is 0 Å². The molecule has 7 heteroatoms. The van der Waals surface area contributed by atoms with Gasteiger partial charge in [-0.2, -0.15) is 0 Å². The molecule has 0 heterocycles. The van der Waals surface area contributed by atoms with Crippen LogP contribution in [0.5, 0.6) is 0 Å². The van der Waals surface area contributed by atoms with Crippen molar-refractivity contribution in [1.82, 2.24) is 5.32 Å². The smallest absolute Gasteiger partial charge is 0.217 e. The van der Waals surface area contributed by atoms with Gasteiger partial charge >= 0.3 is 0 Å². The number of allylic oxidation sites excluding steroid dienone is 2. The summed E-state index contributed by atoms with van der Waals surface area (Å²) in [5.74, 6) is -0.906. The number of hydrogen-bond acceptors (Lipinski definition) is 6. The van der Waals surface area contributed by atoms with Crippen molar-refractivity contribution < 1.29 is 30.0 Å². The summed E-state index contributed by atoms with van der Waals surface area (Å²) in [4.78, 5) is 23.8. The molecule has 194 valence electrons. The van der Waals surface area contributed by atoms with Gasteiger partial charge in [-0.1, -0.05) is 76.9 Å². The van der Waals surface area contributed by atoms with Crippen molar-refractivity contribution in [3.05, 3.63) is 12.2 Å². The molecule has 1 amide bonds. The van der Waals surface area contributed by atoms with Crippen LogP contribution in [-0.2, 0) is 9.59 Å². The molecule has 0 radical (unpaired) electrons. The molecular weight excluding hydrogens is 422 g/mol. The van der Waals surface area contributed by atoms with E-state index in [1.165, 1.54) is 58.3 Å². The third-order valence-electron chi connectivity index (χ3n) is 5.91. The normalized spacial score (nSPS) is 15.3. The van der Waals surface area contributed by atoms with Gasteiger partial charge in [-0.05, 0) is 32.1 Å². The van der Waals surface area contributed by atoms with Crippen LogP contribution in [0.3, 0.4) is 0 Å². The maximum Gasteiger partial charge on any atom is 0.217 e. The second-order valence-electron chi connectivity index (χ2n) is 9.06. The predicted molar refractivity (Wildman–Crippen MR) is 132 cm³/mol. The molecule has 0 rings (SSSR count). The molecule has 0 fully saturated rings. The lowest BCUT2D eigenvalue weighted by Gasteiger charge is -2.28. The van der Waals surface area contributed by atoms with E-state index in [1.807, 2.05) is 0 Å². The SMILES string of the molecule is CCCCCCCCC=CCCCCCCCCC(=O)[C@H](NC(C)=O)[C@@H](O)[C@H](O)[C@H](O)CO. The molecule has 0 aliphatic carbocycles. The molecule has 0 aliphatic rings. The minimum absolute atomic E-state index is 0.172. The molecular formula is C26H49NO6. The standard InChI is InChI=1S/C26H49NO6/c1-3-4-5-6-7-8-9-10-11-12-13-14-15-16-17-18-19-22(30)24(27-21(2)29)26(33)25(32)23(31)20-28/h10-11,23-26,28,31-33H,3-9,12-20H2,1-2H3,(H,27,29)/t23-,24+,25-,26-/m1/s1. The van der Waals surface area contributed by atoms with E-state index in [4.69, 9.17) is 5.11 Å². The molecule has 0 spiro atoms. The van der Waals surface area contributed by atoms with Gasteiger partial charge in [0.25, 0.3) is 0 Å². The third kappa shape index (κ3) is 16.9. The van der Waals surface area contributed by atoms with Gasteiger partial charge in [-0.15, -0.1) is 0 Å². The van der Waals surface area contributed by atoms with Gasteiger partial charge in [0.2, 0.25) is 5.91 Å². The van der Waals surface area contributed by atoms with E-state index in [1.54, 1.807) is 0 Å². The molecule has 7 nitrogen and oxygen atoms in total. The monoisotopic (exact) mass is 471 g/mol. The molecule has 0 aromatic heterocycles. The van der Waals surface area contributed by atoms with Gasteiger partial charge in [-0.3, -0.25) is 9.59 Å². The Bertz CT molecular complexity index is 525. The van der Waals surface area contributed by atoms with Crippen LogP contribution in [0.25, 0.3) is 0 Å². The second kappa shape index (κ2) is 21.3. The van der Waals surface area contributed by atoms with Gasteiger partial charge in [0, 0.05) is 13.3 Å². The van der Waals surface area contributed by atoms with E-state index >= 15 is 0 Å². The summed E-state index contributed by atoms with van der Waals surface area (Å²) >= 11 is 0. The molecule has 4 atom stereocenters. The summed E-state index contributed by atoms with van der Waals surface area (Å²) in [6, 6.07) is -1.30. The van der Waals surface area contributed by atoms with Gasteiger partial charge in [0.1, 0.15) is 24.4 Å². The van der Waals surface area contributed by atoms with E-state index in [0.29, 0.717) is 6.42 Å². The van der Waals surface area contributed by atoms with Crippen molar-refractivity contribution >= 4 is 11.7 Å². The van der Waals surface area contributed by atoms with E-state index in [9.17, 15) is 24.9 Å². The molecule has 0 saturated heterocycles. The number of rotatable bonds is 22. The first-order valence-corrected chi connectivity index (χ1v) is 12.9. The molecule has 5 N–H and O–H groups in total. The van der Waals surface area contributed by atoms with Crippen LogP contribution in [-0.4, -0.2) is 63.1 Å². The average molecular weight is 472 g/mol. The number of carbonyl (C=O) groups excluding carboxylic acids is 2. The number of nitrogens with one attached hydrogen (secondary N) is 1. The fourth-order valence-corrected chi connectivity index (χ4v) is 3.81. The maximum absolute atomic E-state index is 12.4. The maximum atomic E-state index is 12.4. The van der Waals surface area contributed by atoms with Crippen LogP contribution in [0, 0.1) is 0 Å². The summed E-state index contributed by atoms with van der Waals surface area (Å²) in [6.45, 7) is 2.70. The van der Waals surface area contributed by atoms with Crippen LogP contribution in [0.2, 0.25) is 0 Å². The fourth-order valence-electron chi connectivity index (χ4n) is 3.81. The highest BCUT2D eigenvalue weighted by Crippen LogP contribution is 2.13. The predicted octanol–water partition coefficient (Wildman–Crippen LogP) is 3.56. The zero-order valence-electron chi connectivity index (χ0n) is 20.9. The fraction of sp³-hybridized carbons (Fsp3) is 0.846. The summed E-state index contributed by atoms with van der Waals surface area (Å²) in [5, 5.41) is 40.8. The quantitative estimate of drug-likeness (QED) is 0.121. The van der Waals surface area contributed by atoms with Crippen molar-refractivity contribution in [2.75, 3.05) is 6.61 Å². The largest absolute Gasteiger partial charge is 0.394 e. The number of carbonyl (C=O) groups is 2. The van der Waals surface area contributed by atoms with E-state index in [2.05, 4.69) is 24.4 Å². The van der Waals surface area contributed by atoms with Crippen LogP contribution >= 0.6 is 0 Å². The number of ketones is 1. The van der Waals surface area contributed by atoms with Crippen LogP contribution in [0.1, 0.15) is 110 Å². The summed E-state index contributed by atoms with van der Waals surface area (Å²) in [6.07, 6.45) is 16.1. The Kier molecular flexibility index (Phi) is 20.4. The number of amides is 1. The van der Waals surface area contributed by atoms with Crippen LogP contribution in [0.15, 0.2) is 12.2 Å². The number of aliphatic hydroxyl groups is 4. The first-order chi connectivity index (χ1) is 15.8. The highest BCUT2D eigenvalue weighted by atomic mass is 16.4. The first-order valence-electron chi connectivity index (χ1n) is 12.9. The van der Waals surface area contributed by atoms with Crippen molar-refractivity contribution in [2.24, 2.45) is 0 Å². The zero-order valence-corrected chi connectivity index (χ0v) is 20.9. The van der Waals surface area contributed by atoms with Gasteiger partial charge in [-0.25, -0.2) is 0 Å². The Morgan fingerprint density at radius 2 is 1.24 bits per heavy atom. The zero-order chi connectivity index (χ0) is 24.9. The minimum atomic E-state index is -1.73. The Balaban J connectivity index is 3.90. The van der Waals surface area contributed by atoms with Crippen molar-refractivity contribution in [3.8, 4) is 0 Å². The van der Waals surface area contributed by atoms with Crippen molar-refractivity contribution in [1.29, 1.82) is 0 Å². The van der Waals surface area contributed by atoms with Crippen LogP contribution < -0.4 is 5.32 Å². The lowest BCUT2D eigenvalue weighted by atomic mass is 9.94. The van der Waals surface area contributed by atoms with E-state index < -0.39 is 42.7 Å². The van der Waals surface area contributed by atoms with Gasteiger partial charge in [0.05, 0.1) is 6.61 Å². The summed E-state index contributed by atoms with van der Waals surface area (Å²) < 4.78 is 0. The Morgan fingerprint density at radius 1 is 0.758 bits per heavy atom. The van der Waals surface area contributed by atoms with E-state index in [-0.39, 0.29) is 6.42 Å². The minimum Gasteiger partial charge on any atom is -0.394 e. The molecule has 0 aromatic rings. The second-order valence-corrected chi connectivity index (χ2v) is 9.06. The van der Waals surface area contributed by atoms with Crippen LogP contribution in [0.4, 0.5) is 0 Å². The summed E-state index contributed by atoms with van der Waals surface area (Å²) in [5.41, 5.74) is 0. The number of Topliss-reactive ketones (excluding diaryl/α,β-unsaturated/α-hetero) is 1. The topological polar surface area (TPSA) is 127 Å². The Morgan fingerprint density at radius 3 is 1.73 bits per heavy atom. The molecule has 0 aromatic carbocycles. The molecule has 0 saturated carbocycles. The number of unbranched alkanes of at least 4 members (excludes halogenated alkanes) is 12. The Labute approximate surface area is 200 Å². The molecule has 33 heavy (non-hydrogen) atoms. The highest BCUT2D eigenvalue weighted by molar-refractivity contribution is 5.89. The van der Waals surface area contributed by atoms with Crippen molar-refractivity contribution in [2.45, 2.75) is 135 Å². The summed E-state index contributed by atoms with van der Waals surface area (Å²) in [7, 11) is 0. The first kappa shape index (κ1) is 31.7. The molecule has 0 unspecified atom stereocenters. The lowest BCUT2D eigenvalue weighted by molar-refractivity contribution is -0.136. The third-order valence-corrected chi connectivity index (χ3v) is 5.91. The van der Waals surface area contributed by atoms with E-state index in [0.717, 1.165) is 32.1 Å². The Hall–Kier alpha value is -1.28.